The lowest BCUT2D eigenvalue weighted by Gasteiger charge is -2.73. The summed E-state index contributed by atoms with van der Waals surface area (Å²) in [5, 5.41) is 24.2. The van der Waals surface area contributed by atoms with Gasteiger partial charge in [-0.25, -0.2) is 8.42 Å². The van der Waals surface area contributed by atoms with E-state index in [0.29, 0.717) is 19.3 Å². The zero-order chi connectivity index (χ0) is 31.6. The number of Topliss-reactive ketones (excluding diaryl/α,β-unsaturated/α-hetero) is 2. The number of aliphatic hydroxyl groups excluding tert-OH is 1. The SMILES string of the molecule is C=C1C(=O)[C@]23[C@H](OC(=O)C4CCN(S(=O)(=O)c5ccc(C)cc5)CC4)[C@H]1CC[C@H]2[C@@]12CO[C@@]3(O)[C@@H](O)[C@@H]1C(C)(C)CCC2=O. The number of carbonyl (C=O) groups excluding carboxylic acids is 3. The molecule has 1 aromatic carbocycles. The first kappa shape index (κ1) is 30.2. The van der Waals surface area contributed by atoms with Crippen molar-refractivity contribution in [3.63, 3.8) is 0 Å². The van der Waals surface area contributed by atoms with E-state index in [2.05, 4.69) is 6.58 Å². The predicted molar refractivity (Wildman–Crippen MR) is 156 cm³/mol. The van der Waals surface area contributed by atoms with E-state index in [4.69, 9.17) is 9.47 Å². The number of ether oxygens (including phenoxy) is 2. The summed E-state index contributed by atoms with van der Waals surface area (Å²) in [6, 6.07) is 6.64. The first-order valence-corrected chi connectivity index (χ1v) is 17.2. The number of benzene rings is 1. The van der Waals surface area contributed by atoms with Gasteiger partial charge in [0.1, 0.15) is 23.4 Å². The number of esters is 1. The molecule has 44 heavy (non-hydrogen) atoms. The lowest BCUT2D eigenvalue weighted by molar-refractivity contribution is -0.437. The van der Waals surface area contributed by atoms with Crippen LogP contribution in [0.3, 0.4) is 0 Å². The molecule has 3 heterocycles. The van der Waals surface area contributed by atoms with Gasteiger partial charge in [0.05, 0.1) is 22.8 Å². The summed E-state index contributed by atoms with van der Waals surface area (Å²) in [5.41, 5.74) is -2.38. The van der Waals surface area contributed by atoms with Gasteiger partial charge in [-0.3, -0.25) is 14.4 Å². The Morgan fingerprint density at radius 2 is 1.75 bits per heavy atom. The second kappa shape index (κ2) is 9.54. The molecule has 2 N–H and O–H groups in total. The molecule has 7 fully saturated rings. The van der Waals surface area contributed by atoms with Crippen molar-refractivity contribution in [2.75, 3.05) is 19.7 Å². The van der Waals surface area contributed by atoms with Gasteiger partial charge in [-0.15, -0.1) is 0 Å². The topological polar surface area (TPSA) is 148 Å². The largest absolute Gasteiger partial charge is 0.460 e. The summed E-state index contributed by atoms with van der Waals surface area (Å²) in [6.45, 7) is 10.1. The third kappa shape index (κ3) is 3.56. The molecule has 8 atom stereocenters. The van der Waals surface area contributed by atoms with Gasteiger partial charge in [-0.05, 0) is 68.1 Å². The summed E-state index contributed by atoms with van der Waals surface area (Å²) >= 11 is 0. The Morgan fingerprint density at radius 3 is 2.41 bits per heavy atom. The van der Waals surface area contributed by atoms with E-state index in [-0.39, 0.29) is 55.2 Å². The molecule has 8 rings (SSSR count). The van der Waals surface area contributed by atoms with Crippen molar-refractivity contribution in [2.24, 2.45) is 39.9 Å². The third-order valence-corrected chi connectivity index (χ3v) is 14.2. The van der Waals surface area contributed by atoms with E-state index in [1.807, 2.05) is 20.8 Å². The smallest absolute Gasteiger partial charge is 0.309 e. The van der Waals surface area contributed by atoms with Crippen molar-refractivity contribution in [3.8, 4) is 0 Å². The molecule has 3 saturated heterocycles. The number of rotatable bonds is 4. The van der Waals surface area contributed by atoms with Crippen molar-refractivity contribution in [1.29, 1.82) is 0 Å². The van der Waals surface area contributed by atoms with E-state index < -0.39 is 79.7 Å². The van der Waals surface area contributed by atoms with Crippen molar-refractivity contribution in [1.82, 2.24) is 4.31 Å². The molecule has 4 aliphatic carbocycles. The van der Waals surface area contributed by atoms with Crippen molar-refractivity contribution >= 4 is 27.6 Å². The van der Waals surface area contributed by atoms with Crippen LogP contribution in [0.1, 0.15) is 57.9 Å². The maximum atomic E-state index is 14.3. The van der Waals surface area contributed by atoms with Crippen LogP contribution in [0.25, 0.3) is 0 Å². The first-order chi connectivity index (χ1) is 20.6. The second-order valence-corrected chi connectivity index (χ2v) is 16.6. The summed E-state index contributed by atoms with van der Waals surface area (Å²) in [7, 11) is -3.73. The molecule has 0 radical (unpaired) electrons. The highest BCUT2D eigenvalue weighted by molar-refractivity contribution is 7.89. The monoisotopic (exact) mass is 627 g/mol. The summed E-state index contributed by atoms with van der Waals surface area (Å²) in [4.78, 5) is 42.2. The Kier molecular flexibility index (Phi) is 6.56. The highest BCUT2D eigenvalue weighted by atomic mass is 32.2. The third-order valence-electron chi connectivity index (χ3n) is 12.3. The molecule has 11 heteroatoms. The summed E-state index contributed by atoms with van der Waals surface area (Å²) < 4.78 is 40.0. The highest BCUT2D eigenvalue weighted by Crippen LogP contribution is 2.76. The Labute approximate surface area is 257 Å². The molecule has 2 spiro atoms. The molecule has 7 aliphatic rings. The van der Waals surface area contributed by atoms with Crippen LogP contribution >= 0.6 is 0 Å². The lowest BCUT2D eigenvalue weighted by atomic mass is 9.36. The van der Waals surface area contributed by atoms with Gasteiger partial charge in [0.2, 0.25) is 15.8 Å². The molecular formula is C33H41NO9S. The molecule has 4 saturated carbocycles. The standard InChI is InChI=1S/C33H41NO9S/c1-18-5-7-21(8-6-18)44(40,41)34-15-12-20(13-16-34)29(38)43-28-22-9-10-23-31-17-42-33(39,32(23,28)26(36)19(22)2)27(37)25(31)30(3,4)14-11-24(31)35/h5-8,20,22-23,25,27-28,37,39H,2,9-17H2,1,3-4H3/t22-,23-,25+,27-,28+,31+,32-,33-/m0/s1. The number of piperidine rings is 1. The van der Waals surface area contributed by atoms with Crippen molar-refractivity contribution < 1.29 is 42.5 Å². The van der Waals surface area contributed by atoms with E-state index in [9.17, 15) is 33.0 Å². The number of aliphatic hydroxyl groups is 2. The molecule has 0 aromatic heterocycles. The van der Waals surface area contributed by atoms with Crippen LogP contribution < -0.4 is 0 Å². The lowest BCUT2D eigenvalue weighted by Crippen LogP contribution is -2.85. The Balaban J connectivity index is 1.18. The minimum Gasteiger partial charge on any atom is -0.460 e. The minimum atomic E-state index is -3.73. The Hall–Kier alpha value is -2.44. The van der Waals surface area contributed by atoms with Crippen molar-refractivity contribution in [3.05, 3.63) is 42.0 Å². The van der Waals surface area contributed by atoms with Crippen LogP contribution in [0.5, 0.6) is 0 Å². The zero-order valence-electron chi connectivity index (χ0n) is 25.5. The number of carbonyl (C=O) groups is 3. The number of sulfonamides is 1. The van der Waals surface area contributed by atoms with E-state index in [0.717, 1.165) is 5.56 Å². The summed E-state index contributed by atoms with van der Waals surface area (Å²) in [5.74, 6) is -6.04. The number of fused-ring (bicyclic) bond motifs is 2. The molecule has 3 aliphatic heterocycles. The van der Waals surface area contributed by atoms with E-state index >= 15 is 0 Å². The van der Waals surface area contributed by atoms with Gasteiger partial charge in [0.25, 0.3) is 0 Å². The van der Waals surface area contributed by atoms with Gasteiger partial charge >= 0.3 is 5.97 Å². The number of aryl methyl sites for hydroxylation is 1. The molecule has 1 aromatic rings. The average molecular weight is 628 g/mol. The number of hydrogen-bond acceptors (Lipinski definition) is 9. The number of ketones is 2. The van der Waals surface area contributed by atoms with Gasteiger partial charge in [-0.2, -0.15) is 4.31 Å². The van der Waals surface area contributed by atoms with Crippen LogP contribution in [0, 0.1) is 46.8 Å². The number of nitrogens with zero attached hydrogens (tertiary/aromatic N) is 1. The maximum absolute atomic E-state index is 14.3. The quantitative estimate of drug-likeness (QED) is 0.380. The van der Waals surface area contributed by atoms with Gasteiger partial charge in [0, 0.05) is 31.3 Å². The minimum absolute atomic E-state index is 0.0806. The zero-order valence-corrected chi connectivity index (χ0v) is 26.3. The van der Waals surface area contributed by atoms with Crippen LogP contribution in [-0.4, -0.2) is 78.2 Å². The molecule has 4 bridgehead atoms. The first-order valence-electron chi connectivity index (χ1n) is 15.7. The van der Waals surface area contributed by atoms with Gasteiger partial charge in [0.15, 0.2) is 5.78 Å². The van der Waals surface area contributed by atoms with Crippen molar-refractivity contribution in [2.45, 2.75) is 82.2 Å². The second-order valence-electron chi connectivity index (χ2n) is 14.7. The fourth-order valence-corrected chi connectivity index (χ4v) is 11.6. The van der Waals surface area contributed by atoms with E-state index in [1.54, 1.807) is 24.3 Å². The summed E-state index contributed by atoms with van der Waals surface area (Å²) in [6.07, 6.45) is -0.520. The fourth-order valence-electron chi connectivity index (χ4n) is 10.2. The average Bonchev–Trinajstić information content (AvgIpc) is 3.10. The van der Waals surface area contributed by atoms with Crippen LogP contribution in [-0.2, 0) is 33.9 Å². The van der Waals surface area contributed by atoms with Crippen LogP contribution in [0.4, 0.5) is 0 Å². The fraction of sp³-hybridized carbons (Fsp3) is 0.667. The van der Waals surface area contributed by atoms with E-state index in [1.165, 1.54) is 4.31 Å². The van der Waals surface area contributed by atoms with Gasteiger partial charge < -0.3 is 19.7 Å². The van der Waals surface area contributed by atoms with Gasteiger partial charge in [-0.1, -0.05) is 38.1 Å². The number of hydrogen-bond donors (Lipinski definition) is 2. The van der Waals surface area contributed by atoms with Crippen LogP contribution in [0.2, 0.25) is 0 Å². The molecule has 0 unspecified atom stereocenters. The molecule has 238 valence electrons. The Bertz CT molecular complexity index is 1560. The Morgan fingerprint density at radius 1 is 1.09 bits per heavy atom. The normalized spacial score (nSPS) is 41.8. The molecule has 10 nitrogen and oxygen atoms in total. The molecular weight excluding hydrogens is 586 g/mol. The predicted octanol–water partition coefficient (Wildman–Crippen LogP) is 2.54. The van der Waals surface area contributed by atoms with Crippen LogP contribution in [0.15, 0.2) is 41.3 Å². The molecule has 0 amide bonds. The highest BCUT2D eigenvalue weighted by Gasteiger charge is 2.88. The maximum Gasteiger partial charge on any atom is 0.309 e.